The fourth-order valence-electron chi connectivity index (χ4n) is 2.45. The summed E-state index contributed by atoms with van der Waals surface area (Å²) in [7, 11) is 0. The van der Waals surface area contributed by atoms with Gasteiger partial charge >= 0.3 is 0 Å². The quantitative estimate of drug-likeness (QED) is 0.529. The molecule has 1 heterocycles. The van der Waals surface area contributed by atoms with Crippen LogP contribution in [0.4, 0.5) is 17.2 Å². The van der Waals surface area contributed by atoms with Gasteiger partial charge in [-0.15, -0.1) is 0 Å². The Labute approximate surface area is 120 Å². The molecular formula is C14H12ClN3O2. The van der Waals surface area contributed by atoms with Crippen LogP contribution in [0.1, 0.15) is 17.5 Å². The minimum Gasteiger partial charge on any atom is -0.340 e. The van der Waals surface area contributed by atoms with Crippen LogP contribution in [0, 0.1) is 10.1 Å². The molecule has 0 aliphatic heterocycles. The van der Waals surface area contributed by atoms with Gasteiger partial charge < -0.3 is 5.32 Å². The summed E-state index contributed by atoms with van der Waals surface area (Å²) in [6.07, 6.45) is 3.38. The number of nitrogens with one attached hydrogen (secondary N) is 1. The molecule has 0 fully saturated rings. The largest absolute Gasteiger partial charge is 0.340 e. The van der Waals surface area contributed by atoms with E-state index in [-0.39, 0.29) is 10.8 Å². The second kappa shape index (κ2) is 5.09. The zero-order valence-corrected chi connectivity index (χ0v) is 11.4. The molecule has 1 N–H and O–H groups in total. The van der Waals surface area contributed by atoms with Crippen molar-refractivity contribution in [3.8, 4) is 0 Å². The van der Waals surface area contributed by atoms with Crippen LogP contribution >= 0.6 is 11.6 Å². The van der Waals surface area contributed by atoms with Gasteiger partial charge in [0.05, 0.1) is 17.1 Å². The molecule has 102 valence electrons. The van der Waals surface area contributed by atoms with Crippen LogP contribution in [0.3, 0.4) is 0 Å². The van der Waals surface area contributed by atoms with Gasteiger partial charge in [-0.2, -0.15) is 0 Å². The summed E-state index contributed by atoms with van der Waals surface area (Å²) in [6.45, 7) is 0. The lowest BCUT2D eigenvalue weighted by Crippen LogP contribution is -1.97. The van der Waals surface area contributed by atoms with Crippen LogP contribution in [0.15, 0.2) is 30.3 Å². The molecule has 1 aliphatic rings. The van der Waals surface area contributed by atoms with E-state index in [0.29, 0.717) is 5.82 Å². The van der Waals surface area contributed by atoms with Crippen molar-refractivity contribution in [2.75, 3.05) is 5.32 Å². The molecule has 0 saturated heterocycles. The molecule has 0 unspecified atom stereocenters. The van der Waals surface area contributed by atoms with Gasteiger partial charge in [0.2, 0.25) is 0 Å². The average molecular weight is 290 g/mol. The van der Waals surface area contributed by atoms with Crippen LogP contribution in [-0.2, 0) is 12.8 Å². The van der Waals surface area contributed by atoms with Crippen molar-refractivity contribution in [3.63, 3.8) is 0 Å². The SMILES string of the molecule is O=[N+]([O-])c1cc(Cl)nc(Nc2ccc3c(c2)CCC3)c1. The van der Waals surface area contributed by atoms with Crippen molar-refractivity contribution in [1.82, 2.24) is 4.98 Å². The highest BCUT2D eigenvalue weighted by Crippen LogP contribution is 2.28. The first-order valence-corrected chi connectivity index (χ1v) is 6.70. The van der Waals surface area contributed by atoms with E-state index in [4.69, 9.17) is 11.6 Å². The number of hydrogen-bond donors (Lipinski definition) is 1. The maximum atomic E-state index is 10.8. The molecule has 6 heteroatoms. The second-order valence-corrected chi connectivity index (χ2v) is 5.14. The molecule has 3 rings (SSSR count). The van der Waals surface area contributed by atoms with E-state index in [0.717, 1.165) is 18.5 Å². The summed E-state index contributed by atoms with van der Waals surface area (Å²) in [5, 5.41) is 14.0. The lowest BCUT2D eigenvalue weighted by Gasteiger charge is -2.08. The molecule has 0 spiro atoms. The maximum Gasteiger partial charge on any atom is 0.276 e. The van der Waals surface area contributed by atoms with Gasteiger partial charge in [-0.3, -0.25) is 10.1 Å². The fourth-order valence-corrected chi connectivity index (χ4v) is 2.65. The summed E-state index contributed by atoms with van der Waals surface area (Å²) >= 11 is 5.80. The smallest absolute Gasteiger partial charge is 0.276 e. The molecule has 1 aliphatic carbocycles. The summed E-state index contributed by atoms with van der Waals surface area (Å²) in [6, 6.07) is 8.72. The van der Waals surface area contributed by atoms with Gasteiger partial charge in [-0.1, -0.05) is 17.7 Å². The second-order valence-electron chi connectivity index (χ2n) is 4.75. The van der Waals surface area contributed by atoms with Crippen molar-refractivity contribution < 1.29 is 4.92 Å². The zero-order chi connectivity index (χ0) is 14.1. The normalized spacial score (nSPS) is 13.1. The van der Waals surface area contributed by atoms with Gasteiger partial charge in [-0.05, 0) is 42.5 Å². The highest BCUT2D eigenvalue weighted by Gasteiger charge is 2.13. The first-order chi connectivity index (χ1) is 9.61. The van der Waals surface area contributed by atoms with Crippen LogP contribution in [0.2, 0.25) is 5.15 Å². The number of nitrogens with zero attached hydrogens (tertiary/aromatic N) is 2. The van der Waals surface area contributed by atoms with E-state index in [1.165, 1.54) is 29.7 Å². The van der Waals surface area contributed by atoms with E-state index >= 15 is 0 Å². The van der Waals surface area contributed by atoms with Crippen molar-refractivity contribution >= 4 is 28.8 Å². The van der Waals surface area contributed by atoms with Gasteiger partial charge in [-0.25, -0.2) is 4.98 Å². The minimum absolute atomic E-state index is 0.0753. The minimum atomic E-state index is -0.485. The van der Waals surface area contributed by atoms with Crippen molar-refractivity contribution in [2.24, 2.45) is 0 Å². The maximum absolute atomic E-state index is 10.8. The van der Waals surface area contributed by atoms with Crippen LogP contribution in [-0.4, -0.2) is 9.91 Å². The van der Waals surface area contributed by atoms with Crippen LogP contribution in [0.5, 0.6) is 0 Å². The number of hydrogen-bond acceptors (Lipinski definition) is 4. The Morgan fingerprint density at radius 1 is 1.20 bits per heavy atom. The number of nitro groups is 1. The number of pyridine rings is 1. The molecule has 0 amide bonds. The molecule has 20 heavy (non-hydrogen) atoms. The van der Waals surface area contributed by atoms with E-state index < -0.39 is 4.92 Å². The summed E-state index contributed by atoms with van der Waals surface area (Å²) in [5.41, 5.74) is 3.50. The third-order valence-electron chi connectivity index (χ3n) is 3.36. The first-order valence-electron chi connectivity index (χ1n) is 6.32. The molecule has 1 aromatic heterocycles. The Morgan fingerprint density at radius 2 is 2.00 bits per heavy atom. The number of aryl methyl sites for hydroxylation is 2. The predicted octanol–water partition coefficient (Wildman–Crippen LogP) is 3.88. The topological polar surface area (TPSA) is 68.1 Å². The molecule has 0 atom stereocenters. The third kappa shape index (κ3) is 2.58. The number of fused-ring (bicyclic) bond motifs is 1. The van der Waals surface area contributed by atoms with Gasteiger partial charge in [0, 0.05) is 5.69 Å². The molecule has 1 aromatic carbocycles. The summed E-state index contributed by atoms with van der Waals surface area (Å²) in [5.74, 6) is 0.377. The van der Waals surface area contributed by atoms with E-state index in [2.05, 4.69) is 22.4 Å². The van der Waals surface area contributed by atoms with Crippen molar-refractivity contribution in [2.45, 2.75) is 19.3 Å². The van der Waals surface area contributed by atoms with E-state index in [1.807, 2.05) is 6.07 Å². The molecule has 0 saturated carbocycles. The standard InChI is InChI=1S/C14H12ClN3O2/c15-13-7-12(18(19)20)8-14(17-13)16-11-5-4-9-2-1-3-10(9)6-11/h4-8H,1-3H2,(H,16,17). The summed E-state index contributed by atoms with van der Waals surface area (Å²) in [4.78, 5) is 14.4. The zero-order valence-electron chi connectivity index (χ0n) is 10.6. The number of anilines is 2. The first kappa shape index (κ1) is 12.9. The Bertz CT molecular complexity index is 688. The molecular weight excluding hydrogens is 278 g/mol. The molecule has 0 radical (unpaired) electrons. The molecule has 0 bridgehead atoms. The predicted molar refractivity (Wildman–Crippen MR) is 77.7 cm³/mol. The Hall–Kier alpha value is -2.14. The average Bonchev–Trinajstić information content (AvgIpc) is 2.85. The van der Waals surface area contributed by atoms with Gasteiger partial charge in [0.25, 0.3) is 5.69 Å². The molecule has 2 aromatic rings. The Balaban J connectivity index is 1.89. The lowest BCUT2D eigenvalue weighted by molar-refractivity contribution is -0.384. The van der Waals surface area contributed by atoms with Crippen molar-refractivity contribution in [3.05, 3.63) is 56.7 Å². The number of rotatable bonds is 3. The lowest BCUT2D eigenvalue weighted by atomic mass is 10.1. The Morgan fingerprint density at radius 3 is 2.80 bits per heavy atom. The highest BCUT2D eigenvalue weighted by molar-refractivity contribution is 6.29. The number of aromatic nitrogens is 1. The van der Waals surface area contributed by atoms with Crippen LogP contribution < -0.4 is 5.32 Å². The van der Waals surface area contributed by atoms with E-state index in [9.17, 15) is 10.1 Å². The van der Waals surface area contributed by atoms with Gasteiger partial charge in [0.15, 0.2) is 0 Å². The van der Waals surface area contributed by atoms with Crippen molar-refractivity contribution in [1.29, 1.82) is 0 Å². The molecule has 5 nitrogen and oxygen atoms in total. The monoisotopic (exact) mass is 289 g/mol. The van der Waals surface area contributed by atoms with Crippen LogP contribution in [0.25, 0.3) is 0 Å². The number of benzene rings is 1. The summed E-state index contributed by atoms with van der Waals surface area (Å²) < 4.78 is 0. The highest BCUT2D eigenvalue weighted by atomic mass is 35.5. The van der Waals surface area contributed by atoms with Gasteiger partial charge in [0.1, 0.15) is 11.0 Å². The fraction of sp³-hybridized carbons (Fsp3) is 0.214. The third-order valence-corrected chi connectivity index (χ3v) is 3.55. The number of halogens is 1. The Kier molecular flexibility index (Phi) is 3.28. The van der Waals surface area contributed by atoms with E-state index in [1.54, 1.807) is 0 Å².